The van der Waals surface area contributed by atoms with Crippen molar-refractivity contribution in [3.05, 3.63) is 93.0 Å². The zero-order valence-corrected chi connectivity index (χ0v) is 30.7. The first-order chi connectivity index (χ1) is 26.5. The fourth-order valence-corrected chi connectivity index (χ4v) is 8.54. The molecule has 2 aliphatic rings. The smallest absolute Gasteiger partial charge is 0.346 e. The lowest BCUT2D eigenvalue weighted by atomic mass is 9.93. The van der Waals surface area contributed by atoms with E-state index in [1.54, 1.807) is 0 Å². The summed E-state index contributed by atoms with van der Waals surface area (Å²) in [5, 5.41) is 8.51. The summed E-state index contributed by atoms with van der Waals surface area (Å²) >= 11 is 6.49. The lowest BCUT2D eigenvalue weighted by Gasteiger charge is -2.23. The van der Waals surface area contributed by atoms with Gasteiger partial charge < -0.3 is 5.32 Å². The van der Waals surface area contributed by atoms with Crippen LogP contribution in [0.15, 0.2) is 42.5 Å². The minimum absolute atomic E-state index is 0.0183. The normalized spacial score (nSPS) is 16.2. The molecule has 0 saturated heterocycles. The van der Waals surface area contributed by atoms with Crippen molar-refractivity contribution in [1.29, 1.82) is 0 Å². The fourth-order valence-electron chi connectivity index (χ4n) is 6.96. The lowest BCUT2D eigenvalue weighted by Crippen LogP contribution is -2.35. The van der Waals surface area contributed by atoms with Gasteiger partial charge in [0.15, 0.2) is 11.5 Å². The third-order valence-corrected chi connectivity index (χ3v) is 11.5. The first kappa shape index (κ1) is 40.3. The Labute approximate surface area is 321 Å². The molecule has 3 aromatic heterocycles. The number of aryl methyl sites for hydroxylation is 1. The van der Waals surface area contributed by atoms with Crippen LogP contribution in [0.1, 0.15) is 59.2 Å². The maximum Gasteiger partial charge on any atom is 0.435 e. The minimum atomic E-state index is -5.13. The molecule has 1 atom stereocenters. The first-order valence-electron chi connectivity index (χ1n) is 17.1. The highest BCUT2D eigenvalue weighted by Crippen LogP contribution is 2.47. The summed E-state index contributed by atoms with van der Waals surface area (Å²) in [5.74, 6) is -7.51. The van der Waals surface area contributed by atoms with Gasteiger partial charge in [-0.1, -0.05) is 23.7 Å². The van der Waals surface area contributed by atoms with E-state index in [4.69, 9.17) is 11.6 Å². The third kappa shape index (κ3) is 8.26. The molecule has 2 N–H and O–H groups in total. The van der Waals surface area contributed by atoms with E-state index in [1.807, 2.05) is 0 Å². The van der Waals surface area contributed by atoms with Gasteiger partial charge in [0.2, 0.25) is 15.9 Å². The van der Waals surface area contributed by atoms with E-state index in [0.29, 0.717) is 23.6 Å². The molecular formula is C35H28ClF10N7O3S. The molecule has 0 bridgehead atoms. The Balaban J connectivity index is 1.37. The van der Waals surface area contributed by atoms with Crippen molar-refractivity contribution in [2.24, 2.45) is 0 Å². The maximum atomic E-state index is 14.9. The van der Waals surface area contributed by atoms with Crippen LogP contribution in [0.5, 0.6) is 0 Å². The van der Waals surface area contributed by atoms with Gasteiger partial charge in [0.05, 0.1) is 32.9 Å². The van der Waals surface area contributed by atoms with Crippen LogP contribution in [0, 0.1) is 18.6 Å². The number of nitrogens with zero attached hydrogens (tertiary/aromatic N) is 5. The lowest BCUT2D eigenvalue weighted by molar-refractivity contribution is -0.142. The average Bonchev–Trinajstić information content (AvgIpc) is 3.71. The Hall–Kier alpha value is -4.92. The molecule has 22 heteroatoms. The highest BCUT2D eigenvalue weighted by molar-refractivity contribution is 7.93. The SMILES string of the molecule is Cc1ccc(-c2ccc(Cl)c3c(NS(=O)(=O)C4CC4)nn(CC(F)(F)F)c23)c([C@H](Cc2cc(F)cc(F)c2)NC(=O)Cn2nc(C(F)(F)F)c3c2C(F)(F)CC3)n1. The number of aromatic nitrogens is 5. The summed E-state index contributed by atoms with van der Waals surface area (Å²) in [5.41, 5.74) is -3.85. The summed E-state index contributed by atoms with van der Waals surface area (Å²) in [6.07, 6.45) is -11.5. The molecule has 0 unspecified atom stereocenters. The van der Waals surface area contributed by atoms with E-state index in [9.17, 15) is 57.1 Å². The summed E-state index contributed by atoms with van der Waals surface area (Å²) in [6, 6.07) is 6.25. The van der Waals surface area contributed by atoms with Crippen molar-refractivity contribution in [3.63, 3.8) is 0 Å². The number of hydrogen-bond donors (Lipinski definition) is 2. The van der Waals surface area contributed by atoms with Crippen LogP contribution >= 0.6 is 11.6 Å². The molecule has 0 spiro atoms. The molecule has 0 radical (unpaired) electrons. The second kappa shape index (κ2) is 14.2. The van der Waals surface area contributed by atoms with Gasteiger partial charge in [-0.3, -0.25) is 23.9 Å². The van der Waals surface area contributed by atoms with Crippen molar-refractivity contribution >= 4 is 44.3 Å². The summed E-state index contributed by atoms with van der Waals surface area (Å²) in [4.78, 5) is 18.2. The Morgan fingerprint density at radius 1 is 0.982 bits per heavy atom. The standard InChI is InChI=1S/C35H28ClF10N7O3S/c1-16-2-5-21(22-6-7-24(36)27-29(22)53(15-34(41,42)43)50-32(27)51-57(55,56)20-3-4-20)28(47-16)25(12-17-10-18(37)13-19(38)11-17)48-26(54)14-52-31-23(8-9-33(31,39)40)30(49-52)35(44,45)46/h2,5-7,10-11,13,20,25H,3-4,8-9,12,14-15H2,1H3,(H,48,54)(H,50,51)/t25-/m0/s1. The Bertz CT molecular complexity index is 2510. The average molecular weight is 852 g/mol. The molecule has 10 nitrogen and oxygen atoms in total. The second-order valence-electron chi connectivity index (χ2n) is 13.8. The molecule has 0 aliphatic heterocycles. The topological polar surface area (TPSA) is 124 Å². The van der Waals surface area contributed by atoms with Gasteiger partial charge in [0, 0.05) is 34.9 Å². The number of halogens is 11. The van der Waals surface area contributed by atoms with Crippen molar-refractivity contribution in [2.45, 2.75) is 81.7 Å². The Morgan fingerprint density at radius 2 is 1.65 bits per heavy atom. The van der Waals surface area contributed by atoms with Crippen molar-refractivity contribution in [1.82, 2.24) is 29.9 Å². The number of anilines is 1. The van der Waals surface area contributed by atoms with E-state index in [-0.39, 0.29) is 48.7 Å². The number of nitrogens with one attached hydrogen (secondary N) is 2. The molecule has 2 aromatic carbocycles. The monoisotopic (exact) mass is 851 g/mol. The summed E-state index contributed by atoms with van der Waals surface area (Å²) < 4.78 is 171. The van der Waals surface area contributed by atoms with Gasteiger partial charge >= 0.3 is 12.4 Å². The Morgan fingerprint density at radius 3 is 2.28 bits per heavy atom. The van der Waals surface area contributed by atoms with Crippen LogP contribution in [0.2, 0.25) is 5.02 Å². The van der Waals surface area contributed by atoms with Gasteiger partial charge in [-0.2, -0.15) is 45.3 Å². The molecule has 5 aromatic rings. The zero-order valence-electron chi connectivity index (χ0n) is 29.2. The van der Waals surface area contributed by atoms with Crippen LogP contribution in [-0.2, 0) is 52.8 Å². The molecule has 304 valence electrons. The molecule has 1 saturated carbocycles. The number of carbonyl (C=O) groups is 1. The largest absolute Gasteiger partial charge is 0.435 e. The Kier molecular flexibility index (Phi) is 10.0. The number of fused-ring (bicyclic) bond motifs is 2. The van der Waals surface area contributed by atoms with E-state index in [2.05, 4.69) is 25.2 Å². The van der Waals surface area contributed by atoms with Gasteiger partial charge in [-0.15, -0.1) is 0 Å². The highest BCUT2D eigenvalue weighted by Gasteiger charge is 2.50. The van der Waals surface area contributed by atoms with Gasteiger partial charge in [-0.25, -0.2) is 17.2 Å². The van der Waals surface area contributed by atoms with Crippen LogP contribution in [0.25, 0.3) is 22.0 Å². The fraction of sp³-hybridized carbons (Fsp3) is 0.371. The number of hydrogen-bond acceptors (Lipinski definition) is 6. The van der Waals surface area contributed by atoms with Crippen LogP contribution in [0.3, 0.4) is 0 Å². The van der Waals surface area contributed by atoms with Gasteiger partial charge in [0.1, 0.15) is 30.4 Å². The zero-order chi connectivity index (χ0) is 41.4. The van der Waals surface area contributed by atoms with Gasteiger partial charge in [0.25, 0.3) is 5.92 Å². The quantitative estimate of drug-likeness (QED) is 0.129. The number of amides is 1. The first-order valence-corrected chi connectivity index (χ1v) is 19.0. The molecule has 57 heavy (non-hydrogen) atoms. The predicted octanol–water partition coefficient (Wildman–Crippen LogP) is 8.16. The van der Waals surface area contributed by atoms with E-state index >= 15 is 0 Å². The van der Waals surface area contributed by atoms with Crippen molar-refractivity contribution in [2.75, 3.05) is 4.72 Å². The third-order valence-electron chi connectivity index (χ3n) is 9.40. The minimum Gasteiger partial charge on any atom is -0.346 e. The molecule has 3 heterocycles. The number of benzene rings is 2. The molecule has 1 amide bonds. The van der Waals surface area contributed by atoms with Crippen LogP contribution < -0.4 is 10.0 Å². The second-order valence-corrected chi connectivity index (χ2v) is 16.2. The number of pyridine rings is 1. The van der Waals surface area contributed by atoms with E-state index in [0.717, 1.165) is 12.1 Å². The van der Waals surface area contributed by atoms with Crippen molar-refractivity contribution < 1.29 is 57.1 Å². The number of sulfonamides is 1. The number of rotatable bonds is 11. The van der Waals surface area contributed by atoms with E-state index in [1.165, 1.54) is 31.2 Å². The van der Waals surface area contributed by atoms with Crippen LogP contribution in [-0.4, -0.2) is 50.3 Å². The molecule has 1 fully saturated rings. The predicted molar refractivity (Wildman–Crippen MR) is 185 cm³/mol. The highest BCUT2D eigenvalue weighted by atomic mass is 35.5. The number of carbonyl (C=O) groups excluding carboxylic acids is 1. The van der Waals surface area contributed by atoms with Crippen LogP contribution in [0.4, 0.5) is 49.7 Å². The van der Waals surface area contributed by atoms with Crippen molar-refractivity contribution in [3.8, 4) is 11.1 Å². The van der Waals surface area contributed by atoms with Gasteiger partial charge in [-0.05, 0) is 62.4 Å². The molecular weight excluding hydrogens is 824 g/mol. The summed E-state index contributed by atoms with van der Waals surface area (Å²) in [6.45, 7) is -1.40. The number of alkyl halides is 8. The van der Waals surface area contributed by atoms with E-state index < -0.39 is 112 Å². The summed E-state index contributed by atoms with van der Waals surface area (Å²) in [7, 11) is -4.09. The molecule has 2 aliphatic carbocycles. The maximum absolute atomic E-state index is 14.9. The molecule has 7 rings (SSSR count).